The van der Waals surface area contributed by atoms with Gasteiger partial charge in [-0.15, -0.1) is 0 Å². The fourth-order valence-corrected chi connectivity index (χ4v) is 6.57. The Kier molecular flexibility index (Phi) is 18.4. The second-order valence-electron chi connectivity index (χ2n) is 14.9. The number of hydrogen-bond acceptors (Lipinski definition) is 18. The van der Waals surface area contributed by atoms with Gasteiger partial charge in [0.2, 0.25) is 29.5 Å². The zero-order chi connectivity index (χ0) is 45.8. The van der Waals surface area contributed by atoms with E-state index in [4.69, 9.17) is 30.4 Å². The molecule has 2 aromatic rings. The first-order chi connectivity index (χ1) is 29.4. The number of likely N-dealkylation sites (N-methyl/N-ethyl adjacent to an activating group) is 1. The van der Waals surface area contributed by atoms with Gasteiger partial charge in [0.1, 0.15) is 72.7 Å². The van der Waals surface area contributed by atoms with E-state index in [2.05, 4.69) is 16.0 Å². The lowest BCUT2D eigenvalue weighted by atomic mass is 9.97. The molecule has 15 N–H and O–H groups in total. The summed E-state index contributed by atoms with van der Waals surface area (Å²) in [6, 6.07) is 9.49. The van der Waals surface area contributed by atoms with E-state index < -0.39 is 141 Å². The van der Waals surface area contributed by atoms with Gasteiger partial charge in [0.15, 0.2) is 12.6 Å². The quantitative estimate of drug-likeness (QED) is 0.0588. The molecule has 2 heterocycles. The molecule has 0 radical (unpaired) electrons. The summed E-state index contributed by atoms with van der Waals surface area (Å²) in [7, 11) is 1.29. The Morgan fingerprint density at radius 3 is 1.97 bits per heavy atom. The molecular weight excluding hydrogens is 824 g/mol. The number of nitrogens with two attached hydrogens (primary N) is 2. The maximum Gasteiger partial charge on any atom is 0.243 e. The highest BCUT2D eigenvalue weighted by atomic mass is 16.7. The maximum atomic E-state index is 13.8. The average Bonchev–Trinajstić information content (AvgIpc) is 3.25. The van der Waals surface area contributed by atoms with E-state index in [-0.39, 0.29) is 18.6 Å². The van der Waals surface area contributed by atoms with Gasteiger partial charge in [-0.05, 0) is 36.6 Å². The number of phenols is 1. The van der Waals surface area contributed by atoms with Crippen LogP contribution in [0.15, 0.2) is 54.6 Å². The van der Waals surface area contributed by atoms with Gasteiger partial charge in [0.05, 0.1) is 32.4 Å². The molecule has 0 unspecified atom stereocenters. The van der Waals surface area contributed by atoms with Gasteiger partial charge < -0.3 is 92.1 Å². The summed E-state index contributed by atoms with van der Waals surface area (Å²) in [6.45, 7) is -1.64. The molecule has 4 rings (SSSR count). The zero-order valence-corrected chi connectivity index (χ0v) is 33.9. The Morgan fingerprint density at radius 1 is 0.758 bits per heavy atom. The van der Waals surface area contributed by atoms with Crippen molar-refractivity contribution in [2.75, 3.05) is 33.4 Å². The van der Waals surface area contributed by atoms with Gasteiger partial charge in [0, 0.05) is 13.5 Å². The molecule has 5 amide bonds. The molecule has 2 aromatic carbocycles. The molecule has 344 valence electrons. The summed E-state index contributed by atoms with van der Waals surface area (Å²) in [5, 5.41) is 88.6. The molecule has 2 saturated heterocycles. The van der Waals surface area contributed by atoms with E-state index in [9.17, 15) is 64.8 Å². The summed E-state index contributed by atoms with van der Waals surface area (Å²) in [4.78, 5) is 66.4. The highest BCUT2D eigenvalue weighted by Gasteiger charge is 2.51. The van der Waals surface area contributed by atoms with Crippen molar-refractivity contribution >= 4 is 29.5 Å². The molecule has 62 heavy (non-hydrogen) atoms. The number of hydrogen-bond donors (Lipinski definition) is 13. The molecule has 0 bridgehead atoms. The van der Waals surface area contributed by atoms with Crippen molar-refractivity contribution in [2.45, 2.75) is 105 Å². The molecule has 0 saturated carbocycles. The van der Waals surface area contributed by atoms with Crippen LogP contribution in [0.5, 0.6) is 5.75 Å². The third-order valence-corrected chi connectivity index (χ3v) is 10.4. The van der Waals surface area contributed by atoms with Gasteiger partial charge in [-0.2, -0.15) is 0 Å². The van der Waals surface area contributed by atoms with Crippen LogP contribution in [0.1, 0.15) is 18.1 Å². The minimum Gasteiger partial charge on any atom is -0.508 e. The summed E-state index contributed by atoms with van der Waals surface area (Å²) in [5.74, 6) is -4.09. The molecule has 23 nitrogen and oxygen atoms in total. The third-order valence-electron chi connectivity index (χ3n) is 10.4. The van der Waals surface area contributed by atoms with Gasteiger partial charge in [-0.25, -0.2) is 0 Å². The molecule has 0 spiro atoms. The highest BCUT2D eigenvalue weighted by molar-refractivity contribution is 5.94. The minimum absolute atomic E-state index is 0.0427. The van der Waals surface area contributed by atoms with Crippen LogP contribution < -0.4 is 27.4 Å². The fraction of sp³-hybridized carbons (Fsp3) is 0.564. The van der Waals surface area contributed by atoms with Gasteiger partial charge in [0.25, 0.3) is 0 Å². The summed E-state index contributed by atoms with van der Waals surface area (Å²) in [6.07, 6.45) is -17.3. The molecule has 2 fully saturated rings. The van der Waals surface area contributed by atoms with Gasteiger partial charge in [-0.3, -0.25) is 24.0 Å². The first-order valence-electron chi connectivity index (χ1n) is 19.6. The molecular formula is C39H56N6O17. The van der Waals surface area contributed by atoms with Crippen molar-refractivity contribution in [3.63, 3.8) is 0 Å². The van der Waals surface area contributed by atoms with E-state index in [1.807, 2.05) is 0 Å². The maximum absolute atomic E-state index is 13.8. The van der Waals surface area contributed by atoms with E-state index >= 15 is 0 Å². The fourth-order valence-electron chi connectivity index (χ4n) is 6.57. The topological polar surface area (TPSA) is 375 Å². The Labute approximate surface area is 355 Å². The minimum atomic E-state index is -1.96. The molecule has 0 aromatic heterocycles. The van der Waals surface area contributed by atoms with Crippen LogP contribution >= 0.6 is 0 Å². The van der Waals surface area contributed by atoms with Crippen LogP contribution in [0.3, 0.4) is 0 Å². The summed E-state index contributed by atoms with van der Waals surface area (Å²) in [5.41, 5.74) is 12.9. The SMILES string of the molecule is C[C@@H](NC(=O)[C@@H](N)Cc1ccc(O)cc1)C(=O)NCC(=O)N(C)[C@@H](Cc1ccccc1)C(=O)N[C@@H](CO[C@@H]1O[C@H](CO)[C@@H](O[C@@H]2O[C@H](CO)[C@H](O)[C@H](O)[C@H]2O)[C@H](O)[C@H]1O)C(N)=O. The number of phenolic OH excluding ortho intramolecular Hbond substituents is 1. The van der Waals surface area contributed by atoms with Crippen molar-refractivity contribution in [3.8, 4) is 5.75 Å². The molecule has 2 aliphatic heterocycles. The number of primary amides is 1. The lowest BCUT2D eigenvalue weighted by Gasteiger charge is -2.46. The second-order valence-corrected chi connectivity index (χ2v) is 14.9. The lowest BCUT2D eigenvalue weighted by molar-refractivity contribution is -0.359. The molecule has 23 heteroatoms. The molecule has 2 aliphatic rings. The van der Waals surface area contributed by atoms with Gasteiger partial charge in [-0.1, -0.05) is 42.5 Å². The number of nitrogens with one attached hydrogen (secondary N) is 3. The predicted molar refractivity (Wildman–Crippen MR) is 211 cm³/mol. The summed E-state index contributed by atoms with van der Waals surface area (Å²) >= 11 is 0. The number of rotatable bonds is 20. The van der Waals surface area contributed by atoms with Crippen LogP contribution in [0, 0.1) is 0 Å². The Hall–Kier alpha value is -4.89. The Balaban J connectivity index is 1.36. The standard InChI is InChI=1S/C39H56N6O17/c1-18(43-36(57)22(40)12-20-8-10-21(48)11-9-20)35(56)42-14-27(49)45(2)24(13-19-6-4-3-5-7-19)37(58)44-23(34(41)55)17-59-38-32(54)30(52)33(26(16-47)61-38)62-39-31(53)29(51)28(50)25(15-46)60-39/h3-11,18,22-26,28-33,38-39,46-48,50-54H,12-17,40H2,1-2H3,(H2,41,55)(H,42,56)(H,43,57)(H,44,58)/t18-,22+,23+,24+,25-,26-,28+,29+,30-,31-,32-,33-,38-,39+/m1/s1. The molecule has 0 aliphatic carbocycles. The Morgan fingerprint density at radius 2 is 1.35 bits per heavy atom. The zero-order valence-electron chi connectivity index (χ0n) is 33.9. The number of carbonyl (C=O) groups is 5. The van der Waals surface area contributed by atoms with Gasteiger partial charge >= 0.3 is 0 Å². The van der Waals surface area contributed by atoms with Crippen LogP contribution in [0.2, 0.25) is 0 Å². The number of aliphatic hydroxyl groups excluding tert-OH is 7. The van der Waals surface area contributed by atoms with Crippen LogP contribution in [0.25, 0.3) is 0 Å². The largest absolute Gasteiger partial charge is 0.508 e. The van der Waals surface area contributed by atoms with E-state index in [0.29, 0.717) is 11.1 Å². The Bertz CT molecular complexity index is 1790. The first-order valence-corrected chi connectivity index (χ1v) is 19.6. The number of carbonyl (C=O) groups excluding carboxylic acids is 5. The van der Waals surface area contributed by atoms with E-state index in [1.165, 1.54) is 26.1 Å². The smallest absolute Gasteiger partial charge is 0.243 e. The number of benzene rings is 2. The number of amides is 5. The first kappa shape index (κ1) is 49.8. The predicted octanol–water partition coefficient (Wildman–Crippen LogP) is -6.44. The van der Waals surface area contributed by atoms with Crippen LogP contribution in [-0.4, -0.2) is 194 Å². The number of ether oxygens (including phenoxy) is 4. The van der Waals surface area contributed by atoms with Crippen molar-refractivity contribution in [1.29, 1.82) is 0 Å². The van der Waals surface area contributed by atoms with E-state index in [0.717, 1.165) is 4.90 Å². The van der Waals surface area contributed by atoms with E-state index in [1.54, 1.807) is 42.5 Å². The second kappa shape index (κ2) is 23.0. The molecule has 14 atom stereocenters. The van der Waals surface area contributed by atoms with Crippen molar-refractivity contribution in [3.05, 3.63) is 65.7 Å². The van der Waals surface area contributed by atoms with Crippen molar-refractivity contribution in [2.24, 2.45) is 11.5 Å². The lowest BCUT2D eigenvalue weighted by Crippen LogP contribution is -2.65. The van der Waals surface area contributed by atoms with Crippen LogP contribution in [0.4, 0.5) is 0 Å². The highest BCUT2D eigenvalue weighted by Crippen LogP contribution is 2.29. The normalized spacial score (nSPS) is 28.1. The van der Waals surface area contributed by atoms with Crippen LogP contribution in [-0.2, 0) is 55.8 Å². The number of aliphatic hydroxyl groups is 7. The summed E-state index contributed by atoms with van der Waals surface area (Å²) < 4.78 is 21.9. The van der Waals surface area contributed by atoms with Crippen molar-refractivity contribution < 1.29 is 83.8 Å². The monoisotopic (exact) mass is 880 g/mol. The van der Waals surface area contributed by atoms with Crippen molar-refractivity contribution in [1.82, 2.24) is 20.9 Å². The number of aromatic hydroxyl groups is 1. The number of nitrogens with zero attached hydrogens (tertiary/aromatic N) is 1. The average molecular weight is 881 g/mol. The third kappa shape index (κ3) is 13.1.